The summed E-state index contributed by atoms with van der Waals surface area (Å²) in [5.74, 6) is 1.21. The van der Waals surface area contributed by atoms with E-state index in [1.165, 1.54) is 4.40 Å². The molecule has 0 spiro atoms. The first-order valence-corrected chi connectivity index (χ1v) is 8.08. The Labute approximate surface area is 148 Å². The Balaban J connectivity index is 2.22. The topological polar surface area (TPSA) is 66.6 Å². The molecule has 0 aromatic carbocycles. The minimum Gasteiger partial charge on any atom is -0.354 e. The zero-order chi connectivity index (χ0) is 18.8. The highest BCUT2D eigenvalue weighted by Gasteiger charge is 2.32. The Morgan fingerprint density at radius 3 is 2.56 bits per heavy atom. The lowest BCUT2D eigenvalue weighted by molar-refractivity contribution is -0.137. The number of pyridine rings is 1. The molecule has 0 aliphatic carbocycles. The standard InChI is InChI=1S/C15H20ClF3N6/c1-8(2)9(3)22-14(20-4)21-6-12-23-24-13-11(16)5-10(7-25(12)13)15(17,18)19/h5,7-9H,6H2,1-4H3,(H2,20,21,22). The second-order valence-corrected chi connectivity index (χ2v) is 6.39. The van der Waals surface area contributed by atoms with Crippen LogP contribution in [0.15, 0.2) is 17.3 Å². The van der Waals surface area contributed by atoms with Crippen LogP contribution in [-0.4, -0.2) is 33.6 Å². The summed E-state index contributed by atoms with van der Waals surface area (Å²) >= 11 is 5.90. The van der Waals surface area contributed by atoms with Gasteiger partial charge in [0.15, 0.2) is 17.4 Å². The maximum absolute atomic E-state index is 13.0. The molecule has 2 aromatic heterocycles. The summed E-state index contributed by atoms with van der Waals surface area (Å²) in [5, 5.41) is 13.9. The molecule has 138 valence electrons. The maximum atomic E-state index is 13.0. The van der Waals surface area contributed by atoms with Crippen molar-refractivity contribution in [3.63, 3.8) is 0 Å². The van der Waals surface area contributed by atoms with E-state index in [2.05, 4.69) is 39.7 Å². The number of guanidine groups is 1. The highest BCUT2D eigenvalue weighted by molar-refractivity contribution is 6.33. The summed E-state index contributed by atoms with van der Waals surface area (Å²) in [4.78, 5) is 4.10. The fourth-order valence-electron chi connectivity index (χ4n) is 2.01. The number of halogens is 4. The van der Waals surface area contributed by atoms with Gasteiger partial charge in [0.25, 0.3) is 0 Å². The zero-order valence-corrected chi connectivity index (χ0v) is 15.1. The number of rotatable bonds is 4. The molecule has 0 aliphatic heterocycles. The van der Waals surface area contributed by atoms with Crippen LogP contribution in [0.3, 0.4) is 0 Å². The van der Waals surface area contributed by atoms with E-state index in [4.69, 9.17) is 11.6 Å². The number of aromatic nitrogens is 3. The van der Waals surface area contributed by atoms with Gasteiger partial charge in [0.1, 0.15) is 0 Å². The van der Waals surface area contributed by atoms with Crippen LogP contribution in [0.1, 0.15) is 32.2 Å². The summed E-state index contributed by atoms with van der Waals surface area (Å²) in [5.41, 5.74) is -0.688. The number of nitrogens with one attached hydrogen (secondary N) is 2. The van der Waals surface area contributed by atoms with Gasteiger partial charge in [0, 0.05) is 19.3 Å². The average molecular weight is 377 g/mol. The van der Waals surface area contributed by atoms with Gasteiger partial charge in [-0.15, -0.1) is 10.2 Å². The number of hydrogen-bond donors (Lipinski definition) is 2. The SMILES string of the molecule is CN=C(NCc1nnc2c(Cl)cc(C(F)(F)F)cn12)NC(C)C(C)C. The van der Waals surface area contributed by atoms with Crippen molar-refractivity contribution < 1.29 is 13.2 Å². The van der Waals surface area contributed by atoms with Gasteiger partial charge >= 0.3 is 6.18 Å². The number of alkyl halides is 3. The van der Waals surface area contributed by atoms with E-state index in [0.717, 1.165) is 12.3 Å². The molecule has 0 amide bonds. The van der Waals surface area contributed by atoms with Gasteiger partial charge in [0.2, 0.25) is 0 Å². The molecular formula is C15H20ClF3N6. The summed E-state index contributed by atoms with van der Waals surface area (Å²) in [6, 6.07) is 1.01. The van der Waals surface area contributed by atoms with Crippen molar-refractivity contribution in [2.24, 2.45) is 10.9 Å². The lowest BCUT2D eigenvalue weighted by atomic mass is 10.1. The van der Waals surface area contributed by atoms with Crippen LogP contribution in [0.25, 0.3) is 5.65 Å². The molecule has 0 radical (unpaired) electrons. The van der Waals surface area contributed by atoms with E-state index < -0.39 is 11.7 Å². The highest BCUT2D eigenvalue weighted by Crippen LogP contribution is 2.32. The lowest BCUT2D eigenvalue weighted by Gasteiger charge is -2.20. The molecule has 1 atom stereocenters. The molecule has 1 unspecified atom stereocenters. The summed E-state index contributed by atoms with van der Waals surface area (Å²) < 4.78 is 40.1. The molecule has 0 bridgehead atoms. The summed E-state index contributed by atoms with van der Waals surface area (Å²) in [6.07, 6.45) is -3.57. The van der Waals surface area contributed by atoms with E-state index in [1.54, 1.807) is 7.05 Å². The Morgan fingerprint density at radius 1 is 1.32 bits per heavy atom. The van der Waals surface area contributed by atoms with Gasteiger partial charge < -0.3 is 10.6 Å². The fraction of sp³-hybridized carbons (Fsp3) is 0.533. The number of aliphatic imine (C=N–C) groups is 1. The third-order valence-corrected chi connectivity index (χ3v) is 4.14. The van der Waals surface area contributed by atoms with Crippen molar-refractivity contribution in [3.05, 3.63) is 28.7 Å². The number of nitrogens with zero attached hydrogens (tertiary/aromatic N) is 4. The van der Waals surface area contributed by atoms with Crippen molar-refractivity contribution in [3.8, 4) is 0 Å². The molecule has 6 nitrogen and oxygen atoms in total. The summed E-state index contributed by atoms with van der Waals surface area (Å²) in [6.45, 7) is 6.29. The Kier molecular flexibility index (Phi) is 5.76. The average Bonchev–Trinajstić information content (AvgIpc) is 2.93. The predicted molar refractivity (Wildman–Crippen MR) is 90.6 cm³/mol. The van der Waals surface area contributed by atoms with Gasteiger partial charge in [-0.2, -0.15) is 13.2 Å². The third-order valence-electron chi connectivity index (χ3n) is 3.86. The third kappa shape index (κ3) is 4.53. The first kappa shape index (κ1) is 19.3. The minimum absolute atomic E-state index is 0.107. The zero-order valence-electron chi connectivity index (χ0n) is 14.3. The highest BCUT2D eigenvalue weighted by atomic mass is 35.5. The maximum Gasteiger partial charge on any atom is 0.417 e. The van der Waals surface area contributed by atoms with Gasteiger partial charge in [-0.25, -0.2) is 0 Å². The molecule has 25 heavy (non-hydrogen) atoms. The normalized spacial score (nSPS) is 14.2. The van der Waals surface area contributed by atoms with Crippen molar-refractivity contribution >= 4 is 23.2 Å². The molecule has 2 N–H and O–H groups in total. The molecule has 0 fully saturated rings. The first-order chi connectivity index (χ1) is 11.6. The van der Waals surface area contributed by atoms with Gasteiger partial charge in [-0.3, -0.25) is 9.39 Å². The van der Waals surface area contributed by atoms with E-state index >= 15 is 0 Å². The van der Waals surface area contributed by atoms with Crippen LogP contribution < -0.4 is 10.6 Å². The van der Waals surface area contributed by atoms with Crippen LogP contribution in [0.4, 0.5) is 13.2 Å². The number of fused-ring (bicyclic) bond motifs is 1. The monoisotopic (exact) mass is 376 g/mol. The second kappa shape index (κ2) is 7.47. The van der Waals surface area contributed by atoms with E-state index in [9.17, 15) is 13.2 Å². The molecule has 0 saturated heterocycles. The lowest BCUT2D eigenvalue weighted by Crippen LogP contribution is -2.44. The molecular weight excluding hydrogens is 357 g/mol. The Hall–Kier alpha value is -2.03. The van der Waals surface area contributed by atoms with Crippen molar-refractivity contribution in [2.75, 3.05) is 7.05 Å². The van der Waals surface area contributed by atoms with Crippen LogP contribution in [0, 0.1) is 5.92 Å². The number of hydrogen-bond acceptors (Lipinski definition) is 3. The molecule has 0 saturated carbocycles. The van der Waals surface area contributed by atoms with E-state index in [1.807, 2.05) is 6.92 Å². The largest absolute Gasteiger partial charge is 0.417 e. The van der Waals surface area contributed by atoms with E-state index in [0.29, 0.717) is 17.7 Å². The van der Waals surface area contributed by atoms with Crippen molar-refractivity contribution in [2.45, 2.75) is 39.5 Å². The molecule has 2 rings (SSSR count). The minimum atomic E-state index is -4.50. The smallest absolute Gasteiger partial charge is 0.354 e. The van der Waals surface area contributed by atoms with E-state index in [-0.39, 0.29) is 23.3 Å². The van der Waals surface area contributed by atoms with Crippen LogP contribution >= 0.6 is 11.6 Å². The van der Waals surface area contributed by atoms with Gasteiger partial charge in [0.05, 0.1) is 17.1 Å². The van der Waals surface area contributed by atoms with Crippen molar-refractivity contribution in [1.82, 2.24) is 25.2 Å². The molecule has 2 aromatic rings. The Bertz CT molecular complexity index is 768. The van der Waals surface area contributed by atoms with Crippen molar-refractivity contribution in [1.29, 1.82) is 0 Å². The quantitative estimate of drug-likeness (QED) is 0.635. The molecule has 2 heterocycles. The first-order valence-electron chi connectivity index (χ1n) is 7.71. The van der Waals surface area contributed by atoms with Gasteiger partial charge in [-0.05, 0) is 18.9 Å². The van der Waals surface area contributed by atoms with Gasteiger partial charge in [-0.1, -0.05) is 25.4 Å². The fourth-order valence-corrected chi connectivity index (χ4v) is 2.26. The second-order valence-electron chi connectivity index (χ2n) is 5.99. The van der Waals surface area contributed by atoms with Crippen LogP contribution in [-0.2, 0) is 12.7 Å². The predicted octanol–water partition coefficient (Wildman–Crippen LogP) is 3.11. The summed E-state index contributed by atoms with van der Waals surface area (Å²) in [7, 11) is 1.61. The molecule has 10 heteroatoms. The Morgan fingerprint density at radius 2 is 2.00 bits per heavy atom. The molecule has 0 aliphatic rings. The van der Waals surface area contributed by atoms with Crippen LogP contribution in [0.2, 0.25) is 5.02 Å². The van der Waals surface area contributed by atoms with Crippen LogP contribution in [0.5, 0.6) is 0 Å².